The number of non-ortho nitro benzene ring substituents is 1. The molecule has 0 radical (unpaired) electrons. The summed E-state index contributed by atoms with van der Waals surface area (Å²) >= 11 is 0. The van der Waals surface area contributed by atoms with Crippen LogP contribution in [0, 0.1) is 10.1 Å². The van der Waals surface area contributed by atoms with E-state index in [2.05, 4.69) is 20.6 Å². The van der Waals surface area contributed by atoms with E-state index in [1.165, 1.54) is 32.4 Å². The summed E-state index contributed by atoms with van der Waals surface area (Å²) in [6.07, 6.45) is -4.29. The first kappa shape index (κ1) is 21.5. The number of rotatable bonds is 6. The van der Waals surface area contributed by atoms with Gasteiger partial charge in [0.25, 0.3) is 11.6 Å². The molecule has 3 aromatic rings. The molecule has 0 atom stereocenters. The molecule has 0 fully saturated rings. The van der Waals surface area contributed by atoms with Gasteiger partial charge in [-0.3, -0.25) is 14.9 Å². The number of anilines is 1. The monoisotopic (exact) mass is 438 g/mol. The number of carbonyl (C=O) groups excluding carboxylic acids is 1. The van der Waals surface area contributed by atoms with Gasteiger partial charge in [0.2, 0.25) is 5.88 Å². The fourth-order valence-corrected chi connectivity index (χ4v) is 2.59. The number of hydrogen-bond donors (Lipinski definition) is 1. The second kappa shape index (κ2) is 8.25. The largest absolute Gasteiger partial charge is 0.495 e. The molecule has 2 aromatic heterocycles. The first-order valence-corrected chi connectivity index (χ1v) is 8.32. The first-order chi connectivity index (χ1) is 14.7. The molecule has 11 nitrogen and oxygen atoms in total. The van der Waals surface area contributed by atoms with Gasteiger partial charge in [0.05, 0.1) is 36.6 Å². The van der Waals surface area contributed by atoms with Crippen molar-refractivity contribution in [1.29, 1.82) is 0 Å². The summed E-state index contributed by atoms with van der Waals surface area (Å²) in [4.78, 5) is 22.9. The summed E-state index contributed by atoms with van der Waals surface area (Å²) in [5.74, 6) is -1.43. The van der Waals surface area contributed by atoms with Crippen LogP contribution in [0.15, 0.2) is 36.5 Å². The van der Waals surface area contributed by atoms with Crippen molar-refractivity contribution in [1.82, 2.24) is 20.0 Å². The van der Waals surface area contributed by atoms with Crippen LogP contribution >= 0.6 is 0 Å². The number of nitrogens with one attached hydrogen (secondary N) is 1. The maximum Gasteiger partial charge on any atom is 0.434 e. The Hall–Kier alpha value is -4.23. The van der Waals surface area contributed by atoms with Crippen LogP contribution in [0.4, 0.5) is 24.5 Å². The number of hydrogen-bond acceptors (Lipinski definition) is 8. The van der Waals surface area contributed by atoms with Crippen LogP contribution in [-0.2, 0) is 6.18 Å². The van der Waals surface area contributed by atoms with Gasteiger partial charge in [0, 0.05) is 18.2 Å². The van der Waals surface area contributed by atoms with Crippen LogP contribution in [0.5, 0.6) is 11.6 Å². The lowest BCUT2D eigenvalue weighted by atomic mass is 10.2. The molecule has 31 heavy (non-hydrogen) atoms. The number of alkyl halides is 3. The van der Waals surface area contributed by atoms with Crippen molar-refractivity contribution in [3.05, 3.63) is 57.9 Å². The van der Waals surface area contributed by atoms with E-state index in [4.69, 9.17) is 9.47 Å². The van der Waals surface area contributed by atoms with Gasteiger partial charge < -0.3 is 14.8 Å². The van der Waals surface area contributed by atoms with Crippen LogP contribution in [0.1, 0.15) is 16.1 Å². The molecule has 0 bridgehead atoms. The van der Waals surface area contributed by atoms with Crippen LogP contribution in [0.2, 0.25) is 0 Å². The second-order valence-corrected chi connectivity index (χ2v) is 5.85. The summed E-state index contributed by atoms with van der Waals surface area (Å²) in [6, 6.07) is 5.74. The molecule has 3 rings (SSSR count). The van der Waals surface area contributed by atoms with Gasteiger partial charge in [-0.2, -0.15) is 18.3 Å². The van der Waals surface area contributed by atoms with Crippen LogP contribution < -0.4 is 14.8 Å². The Kier molecular flexibility index (Phi) is 5.72. The van der Waals surface area contributed by atoms with Crippen molar-refractivity contribution < 1.29 is 32.4 Å². The molecule has 162 valence electrons. The zero-order chi connectivity index (χ0) is 22.8. The van der Waals surface area contributed by atoms with Gasteiger partial charge in [0.1, 0.15) is 5.75 Å². The third kappa shape index (κ3) is 4.36. The molecule has 2 heterocycles. The Labute approximate surface area is 171 Å². The van der Waals surface area contributed by atoms with Crippen molar-refractivity contribution in [2.24, 2.45) is 0 Å². The standard InChI is InChI=1S/C17H13F3N6O5/c1-30-12-4-3-9(26(28)29)7-11(12)22-16(27)10-8-21-25(15(10)17(18,19)20)13-5-6-14(31-2)24-23-13/h3-8H,1-2H3,(H,22,27). The summed E-state index contributed by atoms with van der Waals surface area (Å²) in [7, 11) is 2.54. The SMILES string of the molecule is COc1ccc(-n2ncc(C(=O)Nc3cc([N+](=O)[O-])ccc3OC)c2C(F)(F)F)nn1. The van der Waals surface area contributed by atoms with E-state index in [9.17, 15) is 28.1 Å². The van der Waals surface area contributed by atoms with E-state index < -0.39 is 34.0 Å². The quantitative estimate of drug-likeness (QED) is 0.459. The number of nitro groups is 1. The van der Waals surface area contributed by atoms with E-state index in [1.54, 1.807) is 0 Å². The highest BCUT2D eigenvalue weighted by atomic mass is 19.4. The summed E-state index contributed by atoms with van der Waals surface area (Å²) in [6.45, 7) is 0. The lowest BCUT2D eigenvalue weighted by molar-refractivity contribution is -0.384. The van der Waals surface area contributed by atoms with Crippen molar-refractivity contribution in [3.8, 4) is 17.4 Å². The number of nitro benzene ring substituents is 1. The minimum Gasteiger partial charge on any atom is -0.495 e. The van der Waals surface area contributed by atoms with Crippen molar-refractivity contribution >= 4 is 17.3 Å². The third-order valence-corrected chi connectivity index (χ3v) is 3.98. The Morgan fingerprint density at radius 3 is 2.45 bits per heavy atom. The van der Waals surface area contributed by atoms with Crippen LogP contribution in [-0.4, -0.2) is 45.0 Å². The van der Waals surface area contributed by atoms with Crippen molar-refractivity contribution in [2.75, 3.05) is 19.5 Å². The predicted octanol–water partition coefficient (Wildman–Crippen LogP) is 2.86. The predicted molar refractivity (Wildman–Crippen MR) is 98.3 cm³/mol. The molecular weight excluding hydrogens is 425 g/mol. The lowest BCUT2D eigenvalue weighted by Crippen LogP contribution is -2.21. The number of halogens is 3. The summed E-state index contributed by atoms with van der Waals surface area (Å²) in [5, 5.41) is 24.0. The highest BCUT2D eigenvalue weighted by molar-refractivity contribution is 6.06. The summed E-state index contributed by atoms with van der Waals surface area (Å²) < 4.78 is 51.5. The maximum absolute atomic E-state index is 13.8. The number of nitrogens with zero attached hydrogens (tertiary/aromatic N) is 5. The Balaban J connectivity index is 2.03. The topological polar surface area (TPSA) is 134 Å². The van der Waals surface area contributed by atoms with Gasteiger partial charge in [-0.05, 0) is 12.1 Å². The van der Waals surface area contributed by atoms with Crippen LogP contribution in [0.3, 0.4) is 0 Å². The molecule has 0 saturated carbocycles. The minimum atomic E-state index is -4.99. The lowest BCUT2D eigenvalue weighted by Gasteiger charge is -2.13. The Bertz CT molecular complexity index is 1130. The fraction of sp³-hybridized carbons (Fsp3) is 0.176. The third-order valence-electron chi connectivity index (χ3n) is 3.98. The molecule has 1 aromatic carbocycles. The van der Waals surface area contributed by atoms with E-state index in [-0.39, 0.29) is 23.1 Å². The average Bonchev–Trinajstić information content (AvgIpc) is 3.19. The van der Waals surface area contributed by atoms with Crippen molar-refractivity contribution in [2.45, 2.75) is 6.18 Å². The van der Waals surface area contributed by atoms with Crippen molar-refractivity contribution in [3.63, 3.8) is 0 Å². The molecular formula is C17H13F3N6O5. The Morgan fingerprint density at radius 2 is 1.90 bits per heavy atom. The Morgan fingerprint density at radius 1 is 1.16 bits per heavy atom. The second-order valence-electron chi connectivity index (χ2n) is 5.85. The number of benzene rings is 1. The average molecular weight is 438 g/mol. The molecule has 0 unspecified atom stereocenters. The smallest absolute Gasteiger partial charge is 0.434 e. The molecule has 0 aliphatic heterocycles. The molecule has 1 amide bonds. The zero-order valence-electron chi connectivity index (χ0n) is 15.9. The number of ether oxygens (including phenoxy) is 2. The minimum absolute atomic E-state index is 0.0147. The summed E-state index contributed by atoms with van der Waals surface area (Å²) in [5.41, 5.74) is -2.82. The molecule has 0 spiro atoms. The number of amides is 1. The highest BCUT2D eigenvalue weighted by Gasteiger charge is 2.41. The van der Waals surface area contributed by atoms with E-state index in [1.807, 2.05) is 0 Å². The first-order valence-electron chi connectivity index (χ1n) is 8.32. The van der Waals surface area contributed by atoms with Gasteiger partial charge in [-0.1, -0.05) is 0 Å². The zero-order valence-corrected chi connectivity index (χ0v) is 15.9. The van der Waals surface area contributed by atoms with E-state index in [0.29, 0.717) is 10.9 Å². The number of aromatic nitrogens is 4. The van der Waals surface area contributed by atoms with Gasteiger partial charge in [0.15, 0.2) is 11.5 Å². The normalized spacial score (nSPS) is 11.1. The van der Waals surface area contributed by atoms with E-state index >= 15 is 0 Å². The van der Waals surface area contributed by atoms with Crippen LogP contribution in [0.25, 0.3) is 5.82 Å². The van der Waals surface area contributed by atoms with Gasteiger partial charge >= 0.3 is 6.18 Å². The highest BCUT2D eigenvalue weighted by Crippen LogP contribution is 2.35. The van der Waals surface area contributed by atoms with Gasteiger partial charge in [-0.25, -0.2) is 4.68 Å². The number of methoxy groups -OCH3 is 2. The molecule has 0 aliphatic rings. The molecule has 0 aliphatic carbocycles. The molecule has 0 saturated heterocycles. The molecule has 1 N–H and O–H groups in total. The molecule has 14 heteroatoms. The van der Waals surface area contributed by atoms with Gasteiger partial charge in [-0.15, -0.1) is 10.2 Å². The fourth-order valence-electron chi connectivity index (χ4n) is 2.59. The maximum atomic E-state index is 13.8. The van der Waals surface area contributed by atoms with E-state index in [0.717, 1.165) is 12.1 Å². The number of carbonyl (C=O) groups is 1.